The van der Waals surface area contributed by atoms with Crippen molar-refractivity contribution in [2.75, 3.05) is 61.9 Å². The molecule has 0 saturated carbocycles. The highest BCUT2D eigenvalue weighted by Crippen LogP contribution is 2.33. The second-order valence-corrected chi connectivity index (χ2v) is 9.72. The fourth-order valence-electron chi connectivity index (χ4n) is 3.95. The van der Waals surface area contributed by atoms with Gasteiger partial charge in [0, 0.05) is 54.8 Å². The molecule has 2 aromatic rings. The van der Waals surface area contributed by atoms with Gasteiger partial charge in [-0.1, -0.05) is 41.4 Å². The molecule has 0 aliphatic carbocycles. The van der Waals surface area contributed by atoms with Gasteiger partial charge < -0.3 is 14.7 Å². The van der Waals surface area contributed by atoms with Gasteiger partial charge in [0.25, 0.3) is 0 Å². The minimum Gasteiger partial charge on any atom is -0.370 e. The Morgan fingerprint density at radius 1 is 0.897 bits per heavy atom. The number of anilines is 2. The molecule has 154 valence electrons. The fraction of sp³-hybridized carbons (Fsp3) is 0.391. The van der Waals surface area contributed by atoms with Crippen molar-refractivity contribution in [1.82, 2.24) is 4.90 Å². The average molecular weight is 448 g/mol. The van der Waals surface area contributed by atoms with Crippen molar-refractivity contribution in [3.63, 3.8) is 0 Å². The SMILES string of the molecule is CN1CCCN(c2ccccc2C=C2CN(c3ccc(Cl)c(Cl)c3)CCS2)CC1. The second kappa shape index (κ2) is 9.65. The summed E-state index contributed by atoms with van der Waals surface area (Å²) in [6.45, 7) is 6.41. The smallest absolute Gasteiger partial charge is 0.0612 e. The Kier molecular flexibility index (Phi) is 6.96. The van der Waals surface area contributed by atoms with E-state index in [1.54, 1.807) is 0 Å². The Hall–Kier alpha value is -1.33. The number of hydrogen-bond acceptors (Lipinski definition) is 4. The fourth-order valence-corrected chi connectivity index (χ4v) is 5.27. The molecule has 0 amide bonds. The summed E-state index contributed by atoms with van der Waals surface area (Å²) < 4.78 is 0. The van der Waals surface area contributed by atoms with Crippen molar-refractivity contribution in [2.45, 2.75) is 6.42 Å². The van der Waals surface area contributed by atoms with Crippen molar-refractivity contribution in [3.05, 3.63) is 63.0 Å². The normalized spacial score (nSPS) is 20.2. The zero-order chi connectivity index (χ0) is 20.2. The third kappa shape index (κ3) is 5.24. The zero-order valence-electron chi connectivity index (χ0n) is 16.8. The third-order valence-electron chi connectivity index (χ3n) is 5.58. The first-order valence-corrected chi connectivity index (χ1v) is 11.9. The van der Waals surface area contributed by atoms with Crippen molar-refractivity contribution in [2.24, 2.45) is 0 Å². The predicted octanol–water partition coefficient (Wildman–Crippen LogP) is 5.73. The van der Waals surface area contributed by atoms with Crippen molar-refractivity contribution in [3.8, 4) is 0 Å². The minimum absolute atomic E-state index is 0.606. The molecule has 6 heteroatoms. The lowest BCUT2D eigenvalue weighted by atomic mass is 10.1. The molecular weight excluding hydrogens is 421 g/mol. The number of hydrogen-bond donors (Lipinski definition) is 0. The van der Waals surface area contributed by atoms with Crippen LogP contribution in [0.15, 0.2) is 47.4 Å². The van der Waals surface area contributed by atoms with Crippen LogP contribution in [-0.2, 0) is 0 Å². The van der Waals surface area contributed by atoms with Crippen molar-refractivity contribution >= 4 is 52.4 Å². The maximum absolute atomic E-state index is 6.24. The summed E-state index contributed by atoms with van der Waals surface area (Å²) in [5, 5.41) is 1.22. The van der Waals surface area contributed by atoms with E-state index in [9.17, 15) is 0 Å². The van der Waals surface area contributed by atoms with Gasteiger partial charge in [0.05, 0.1) is 10.0 Å². The van der Waals surface area contributed by atoms with Gasteiger partial charge in [0.2, 0.25) is 0 Å². The van der Waals surface area contributed by atoms with Crippen molar-refractivity contribution in [1.29, 1.82) is 0 Å². The highest BCUT2D eigenvalue weighted by Gasteiger charge is 2.18. The molecule has 2 aliphatic rings. The highest BCUT2D eigenvalue weighted by molar-refractivity contribution is 8.03. The summed E-state index contributed by atoms with van der Waals surface area (Å²) in [6.07, 6.45) is 3.58. The van der Waals surface area contributed by atoms with Crippen LogP contribution in [0.25, 0.3) is 6.08 Å². The van der Waals surface area contributed by atoms with Gasteiger partial charge in [0.15, 0.2) is 0 Å². The molecule has 2 heterocycles. The molecule has 29 heavy (non-hydrogen) atoms. The standard InChI is InChI=1S/C23H27Cl2N3S/c1-26-9-4-10-27(12-11-26)23-6-3-2-5-18(23)15-20-17-28(13-14-29-20)19-7-8-21(24)22(25)16-19/h2-3,5-8,15-16H,4,9-14,17H2,1H3. The molecule has 2 saturated heterocycles. The molecule has 0 radical (unpaired) electrons. The number of nitrogens with zero attached hydrogens (tertiary/aromatic N) is 3. The van der Waals surface area contributed by atoms with Gasteiger partial charge in [-0.15, -0.1) is 11.8 Å². The van der Waals surface area contributed by atoms with Crippen LogP contribution in [0.3, 0.4) is 0 Å². The molecule has 4 rings (SSSR count). The second-order valence-electron chi connectivity index (χ2n) is 7.68. The monoisotopic (exact) mass is 447 g/mol. The van der Waals surface area contributed by atoms with Gasteiger partial charge in [-0.05, 0) is 55.9 Å². The molecule has 0 N–H and O–H groups in total. The minimum atomic E-state index is 0.606. The maximum atomic E-state index is 6.24. The van der Waals surface area contributed by atoms with Crippen LogP contribution in [0.5, 0.6) is 0 Å². The molecule has 2 fully saturated rings. The van der Waals surface area contributed by atoms with Gasteiger partial charge >= 0.3 is 0 Å². The average Bonchev–Trinajstić information content (AvgIpc) is 2.95. The van der Waals surface area contributed by atoms with Crippen LogP contribution >= 0.6 is 35.0 Å². The summed E-state index contributed by atoms with van der Waals surface area (Å²) in [5.41, 5.74) is 3.80. The molecule has 0 atom stereocenters. The third-order valence-corrected chi connectivity index (χ3v) is 7.32. The Labute approximate surface area is 188 Å². The van der Waals surface area contributed by atoms with Crippen LogP contribution < -0.4 is 9.80 Å². The van der Waals surface area contributed by atoms with E-state index in [0.717, 1.165) is 44.2 Å². The van der Waals surface area contributed by atoms with Gasteiger partial charge in [-0.25, -0.2) is 0 Å². The van der Waals surface area contributed by atoms with Crippen LogP contribution in [-0.4, -0.2) is 57.0 Å². The summed E-state index contributed by atoms with van der Waals surface area (Å²) in [5.74, 6) is 1.07. The van der Waals surface area contributed by atoms with E-state index in [4.69, 9.17) is 23.2 Å². The highest BCUT2D eigenvalue weighted by atomic mass is 35.5. The van der Waals surface area contributed by atoms with Crippen LogP contribution in [0.2, 0.25) is 10.0 Å². The maximum Gasteiger partial charge on any atom is 0.0612 e. The Balaban J connectivity index is 1.55. The summed E-state index contributed by atoms with van der Waals surface area (Å²) in [6, 6.07) is 14.7. The van der Waals surface area contributed by atoms with E-state index in [-0.39, 0.29) is 0 Å². The van der Waals surface area contributed by atoms with Crippen molar-refractivity contribution < 1.29 is 0 Å². The number of benzene rings is 2. The quantitative estimate of drug-likeness (QED) is 0.593. The molecule has 0 spiro atoms. The molecule has 0 unspecified atom stereocenters. The van der Waals surface area contributed by atoms with Gasteiger partial charge in [-0.2, -0.15) is 0 Å². The largest absolute Gasteiger partial charge is 0.370 e. The lowest BCUT2D eigenvalue weighted by Crippen LogP contribution is -2.31. The van der Waals surface area contributed by atoms with Crippen LogP contribution in [0.1, 0.15) is 12.0 Å². The lowest BCUT2D eigenvalue weighted by Gasteiger charge is -2.31. The Morgan fingerprint density at radius 2 is 1.76 bits per heavy atom. The van der Waals surface area contributed by atoms with E-state index < -0.39 is 0 Å². The van der Waals surface area contributed by atoms with Gasteiger partial charge in [0.1, 0.15) is 0 Å². The first-order chi connectivity index (χ1) is 14.1. The number of likely N-dealkylation sites (N-methyl/N-ethyl adjacent to an activating group) is 1. The topological polar surface area (TPSA) is 9.72 Å². The van der Waals surface area contributed by atoms with E-state index in [1.807, 2.05) is 23.9 Å². The Morgan fingerprint density at radius 3 is 2.62 bits per heavy atom. The van der Waals surface area contributed by atoms with Crippen LogP contribution in [0, 0.1) is 0 Å². The first-order valence-electron chi connectivity index (χ1n) is 10.2. The Bertz CT molecular complexity index is 886. The molecular formula is C23H27Cl2N3S. The predicted molar refractivity (Wildman–Crippen MR) is 130 cm³/mol. The summed E-state index contributed by atoms with van der Waals surface area (Å²) in [7, 11) is 2.22. The first kappa shape index (κ1) is 20.9. The summed E-state index contributed by atoms with van der Waals surface area (Å²) >= 11 is 14.3. The number of halogens is 2. The molecule has 3 nitrogen and oxygen atoms in total. The van der Waals surface area contributed by atoms with E-state index >= 15 is 0 Å². The van der Waals surface area contributed by atoms with E-state index in [0.29, 0.717) is 10.0 Å². The number of thioether (sulfide) groups is 1. The van der Waals surface area contributed by atoms with E-state index in [1.165, 1.54) is 29.1 Å². The van der Waals surface area contributed by atoms with E-state index in [2.05, 4.69) is 58.2 Å². The zero-order valence-corrected chi connectivity index (χ0v) is 19.1. The molecule has 0 aromatic heterocycles. The number of rotatable bonds is 3. The molecule has 0 bridgehead atoms. The van der Waals surface area contributed by atoms with Gasteiger partial charge in [-0.3, -0.25) is 0 Å². The summed E-state index contributed by atoms with van der Waals surface area (Å²) in [4.78, 5) is 8.74. The lowest BCUT2D eigenvalue weighted by molar-refractivity contribution is 0.360. The molecule has 2 aliphatic heterocycles. The molecule has 2 aromatic carbocycles. The number of para-hydroxylation sites is 1. The van der Waals surface area contributed by atoms with Crippen LogP contribution in [0.4, 0.5) is 11.4 Å².